The molecule has 0 N–H and O–H groups in total. The van der Waals surface area contributed by atoms with Gasteiger partial charge in [-0.2, -0.15) is 0 Å². The van der Waals surface area contributed by atoms with Crippen LogP contribution in [-0.2, 0) is 0 Å². The third-order valence-electron chi connectivity index (χ3n) is 12.6. The number of hydrogen-bond donors (Lipinski definition) is 0. The molecule has 0 aliphatic heterocycles. The van der Waals surface area contributed by atoms with Crippen molar-refractivity contribution in [1.82, 2.24) is 4.57 Å². The van der Waals surface area contributed by atoms with Crippen LogP contribution in [-0.4, -0.2) is 4.57 Å². The van der Waals surface area contributed by atoms with Crippen molar-refractivity contribution in [3.63, 3.8) is 0 Å². The summed E-state index contributed by atoms with van der Waals surface area (Å²) in [5.41, 5.74) is 13.4. The number of para-hydroxylation sites is 2. The topological polar surface area (TPSA) is 21.3 Å². The number of anilines is 3. The highest BCUT2D eigenvalue weighted by Gasteiger charge is 2.20. The molecule has 0 atom stereocenters. The molecule has 0 unspecified atom stereocenters. The van der Waals surface area contributed by atoms with Crippen molar-refractivity contribution >= 4 is 103 Å². The van der Waals surface area contributed by atoms with Gasteiger partial charge in [-0.05, 0) is 100 Å². The molecule has 13 rings (SSSR count). The number of furan rings is 1. The first-order valence-electron chi connectivity index (χ1n) is 21.1. The van der Waals surface area contributed by atoms with E-state index in [4.69, 9.17) is 4.42 Å². The van der Waals surface area contributed by atoms with Gasteiger partial charge in [0.2, 0.25) is 0 Å². The van der Waals surface area contributed by atoms with E-state index in [9.17, 15) is 0 Å². The van der Waals surface area contributed by atoms with Crippen molar-refractivity contribution < 1.29 is 4.42 Å². The summed E-state index contributed by atoms with van der Waals surface area (Å²) >= 11 is 1.86. The first kappa shape index (κ1) is 34.9. The Morgan fingerprint density at radius 2 is 1.00 bits per heavy atom. The van der Waals surface area contributed by atoms with Crippen molar-refractivity contribution in [2.24, 2.45) is 0 Å². The summed E-state index contributed by atoms with van der Waals surface area (Å²) in [6, 6.07) is 79.3. The van der Waals surface area contributed by atoms with Gasteiger partial charge < -0.3 is 13.9 Å². The Labute approximate surface area is 361 Å². The van der Waals surface area contributed by atoms with Crippen molar-refractivity contribution in [2.45, 2.75) is 0 Å². The van der Waals surface area contributed by atoms with Gasteiger partial charge in [-0.3, -0.25) is 0 Å². The van der Waals surface area contributed by atoms with Crippen molar-refractivity contribution in [3.05, 3.63) is 218 Å². The predicted octanol–water partition coefficient (Wildman–Crippen LogP) is 17.0. The lowest BCUT2D eigenvalue weighted by atomic mass is 10.0. The Balaban J connectivity index is 0.939. The average molecular weight is 809 g/mol. The fourth-order valence-corrected chi connectivity index (χ4v) is 10.9. The van der Waals surface area contributed by atoms with Crippen molar-refractivity contribution in [2.75, 3.05) is 4.90 Å². The molecule has 0 amide bonds. The van der Waals surface area contributed by atoms with Gasteiger partial charge in [-0.25, -0.2) is 0 Å². The molecule has 290 valence electrons. The lowest BCUT2D eigenvalue weighted by molar-refractivity contribution is 0.669. The molecule has 0 spiro atoms. The first-order valence-corrected chi connectivity index (χ1v) is 21.9. The molecule has 0 aliphatic carbocycles. The van der Waals surface area contributed by atoms with Crippen LogP contribution >= 0.6 is 11.3 Å². The van der Waals surface area contributed by atoms with Crippen LogP contribution in [0.1, 0.15) is 0 Å². The van der Waals surface area contributed by atoms with E-state index in [1.165, 1.54) is 63.9 Å². The number of benzene rings is 10. The Bertz CT molecular complexity index is 3860. The third-order valence-corrected chi connectivity index (χ3v) is 13.8. The van der Waals surface area contributed by atoms with Crippen LogP contribution in [0, 0.1) is 0 Å². The lowest BCUT2D eigenvalue weighted by Gasteiger charge is -2.26. The number of fused-ring (bicyclic) bond motifs is 11. The van der Waals surface area contributed by atoms with Crippen LogP contribution in [0.5, 0.6) is 0 Å². The van der Waals surface area contributed by atoms with Gasteiger partial charge in [0, 0.05) is 59.5 Å². The second kappa shape index (κ2) is 13.8. The first-order chi connectivity index (χ1) is 30.7. The van der Waals surface area contributed by atoms with E-state index < -0.39 is 0 Å². The molecule has 0 aliphatic rings. The molecule has 62 heavy (non-hydrogen) atoms. The van der Waals surface area contributed by atoms with Gasteiger partial charge in [0.25, 0.3) is 0 Å². The van der Waals surface area contributed by atoms with Crippen molar-refractivity contribution in [1.29, 1.82) is 0 Å². The van der Waals surface area contributed by atoms with E-state index in [1.54, 1.807) is 0 Å². The highest BCUT2D eigenvalue weighted by atomic mass is 32.1. The zero-order chi connectivity index (χ0) is 40.7. The Hall–Kier alpha value is -7.92. The molecular weight excluding hydrogens is 773 g/mol. The smallest absolute Gasteiger partial charge is 0.135 e. The number of aromatic nitrogens is 1. The SMILES string of the molecule is c1ccc(-n2c3cc(-c4ccc(N(c5ccc(-c6ccc7oc8ccccc8c7c6)cc5)c5cccc6c5sc5ccccc56)cc4)ccc3c3ccc4ccccc4c32)cc1. The molecule has 10 aromatic carbocycles. The number of thiophene rings is 1. The van der Waals surface area contributed by atoms with Crippen molar-refractivity contribution in [3.8, 4) is 27.9 Å². The molecule has 13 aromatic rings. The van der Waals surface area contributed by atoms with Crippen LogP contribution < -0.4 is 4.90 Å². The maximum absolute atomic E-state index is 6.15. The number of nitrogens with zero attached hydrogens (tertiary/aromatic N) is 2. The summed E-state index contributed by atoms with van der Waals surface area (Å²) in [5.74, 6) is 0. The van der Waals surface area contributed by atoms with E-state index in [2.05, 4.69) is 216 Å². The van der Waals surface area contributed by atoms with Crippen LogP contribution in [0.15, 0.2) is 223 Å². The monoisotopic (exact) mass is 808 g/mol. The highest BCUT2D eigenvalue weighted by molar-refractivity contribution is 7.26. The minimum atomic E-state index is 0.907. The molecule has 3 nitrogen and oxygen atoms in total. The Kier molecular flexibility index (Phi) is 7.78. The van der Waals surface area contributed by atoms with Gasteiger partial charge in [-0.1, -0.05) is 146 Å². The Morgan fingerprint density at radius 3 is 1.81 bits per heavy atom. The normalized spacial score (nSPS) is 11.9. The van der Waals surface area contributed by atoms with Gasteiger partial charge in [0.15, 0.2) is 0 Å². The largest absolute Gasteiger partial charge is 0.456 e. The minimum absolute atomic E-state index is 0.907. The molecule has 0 fully saturated rings. The van der Waals surface area contributed by atoms with E-state index in [0.717, 1.165) is 55.8 Å². The summed E-state index contributed by atoms with van der Waals surface area (Å²) in [5, 5.41) is 9.84. The van der Waals surface area contributed by atoms with E-state index >= 15 is 0 Å². The molecule has 3 heterocycles. The van der Waals surface area contributed by atoms with Gasteiger partial charge in [-0.15, -0.1) is 11.3 Å². The lowest BCUT2D eigenvalue weighted by Crippen LogP contribution is -2.10. The van der Waals surface area contributed by atoms with Crippen LogP contribution in [0.2, 0.25) is 0 Å². The second-order valence-electron chi connectivity index (χ2n) is 16.1. The maximum Gasteiger partial charge on any atom is 0.135 e. The third kappa shape index (κ3) is 5.44. The van der Waals surface area contributed by atoms with Gasteiger partial charge >= 0.3 is 0 Å². The summed E-state index contributed by atoms with van der Waals surface area (Å²) < 4.78 is 11.1. The fourth-order valence-electron chi connectivity index (χ4n) is 9.65. The molecule has 4 heteroatoms. The van der Waals surface area contributed by atoms with Gasteiger partial charge in [0.05, 0.1) is 21.4 Å². The van der Waals surface area contributed by atoms with Crippen LogP contribution in [0.4, 0.5) is 17.1 Å². The average Bonchev–Trinajstić information content (AvgIpc) is 4.02. The standard InChI is InChI=1S/C58H36N2OS/c1-2-12-42(13-3-1)60-53-36-41(26-32-46(53)49-33-25-39-11-4-5-14-45(39)57(49)60)38-23-30-44(31-24-38)59(52-18-10-17-50-48-16-7-9-20-56(48)62-58(50)52)43-28-21-37(22-29-43)40-27-34-55-51(35-40)47-15-6-8-19-54(47)61-55/h1-36H. The molecule has 0 radical (unpaired) electrons. The molecule has 3 aromatic heterocycles. The molecule has 0 bridgehead atoms. The quantitative estimate of drug-likeness (QED) is 0.167. The van der Waals surface area contributed by atoms with E-state index in [-0.39, 0.29) is 0 Å². The van der Waals surface area contributed by atoms with Crippen LogP contribution in [0.25, 0.3) is 103 Å². The number of rotatable bonds is 6. The molecule has 0 saturated carbocycles. The summed E-state index contributed by atoms with van der Waals surface area (Å²) in [4.78, 5) is 2.42. The highest BCUT2D eigenvalue weighted by Crippen LogP contribution is 2.46. The zero-order valence-electron chi connectivity index (χ0n) is 33.5. The summed E-state index contributed by atoms with van der Waals surface area (Å²) in [7, 11) is 0. The van der Waals surface area contributed by atoms with E-state index in [1.807, 2.05) is 23.5 Å². The molecular formula is C58H36N2OS. The predicted molar refractivity (Wildman–Crippen MR) is 264 cm³/mol. The Morgan fingerprint density at radius 1 is 0.387 bits per heavy atom. The maximum atomic E-state index is 6.15. The fraction of sp³-hybridized carbons (Fsp3) is 0. The minimum Gasteiger partial charge on any atom is -0.456 e. The zero-order valence-corrected chi connectivity index (χ0v) is 34.3. The molecule has 0 saturated heterocycles. The second-order valence-corrected chi connectivity index (χ2v) is 17.1. The van der Waals surface area contributed by atoms with Gasteiger partial charge in [0.1, 0.15) is 11.2 Å². The number of hydrogen-bond acceptors (Lipinski definition) is 3. The van der Waals surface area contributed by atoms with Crippen LogP contribution in [0.3, 0.4) is 0 Å². The summed E-state index contributed by atoms with van der Waals surface area (Å²) in [6.45, 7) is 0. The summed E-state index contributed by atoms with van der Waals surface area (Å²) in [6.07, 6.45) is 0. The van der Waals surface area contributed by atoms with E-state index in [0.29, 0.717) is 0 Å².